The van der Waals surface area contributed by atoms with Crippen LogP contribution in [0.4, 0.5) is 0 Å². The van der Waals surface area contributed by atoms with E-state index in [2.05, 4.69) is 19.2 Å². The predicted octanol–water partition coefficient (Wildman–Crippen LogP) is 4.01. The second kappa shape index (κ2) is 8.13. The summed E-state index contributed by atoms with van der Waals surface area (Å²) in [7, 11) is 0. The van der Waals surface area contributed by atoms with Crippen molar-refractivity contribution in [2.45, 2.75) is 52.0 Å². The topological polar surface area (TPSA) is 32.3 Å². The molecular weight excluding hydrogens is 210 g/mol. The van der Waals surface area contributed by atoms with Gasteiger partial charge < -0.3 is 10.4 Å². The summed E-state index contributed by atoms with van der Waals surface area (Å²) in [6.07, 6.45) is 6.27. The Morgan fingerprint density at radius 1 is 1.06 bits per heavy atom. The number of hydrogen-bond donors (Lipinski definition) is 2. The summed E-state index contributed by atoms with van der Waals surface area (Å²) >= 11 is 0. The first-order chi connectivity index (χ1) is 8.27. The third-order valence-corrected chi connectivity index (χ3v) is 3.12. The minimum Gasteiger partial charge on any atom is -0.508 e. The lowest BCUT2D eigenvalue weighted by atomic mass is 10.0. The molecule has 0 spiro atoms. The zero-order valence-corrected chi connectivity index (χ0v) is 11.1. The summed E-state index contributed by atoms with van der Waals surface area (Å²) < 4.78 is 0. The standard InChI is InChI=1S/C15H25NO/c1-3-5-6-7-12-16-15(4-2)13-8-10-14(17)11-9-13/h8-11,15-17H,3-7,12H2,1-2H3. The fraction of sp³-hybridized carbons (Fsp3) is 0.600. The summed E-state index contributed by atoms with van der Waals surface area (Å²) in [6.45, 7) is 5.51. The van der Waals surface area contributed by atoms with E-state index >= 15 is 0 Å². The zero-order chi connectivity index (χ0) is 12.5. The molecule has 0 fully saturated rings. The Hall–Kier alpha value is -1.02. The molecule has 1 unspecified atom stereocenters. The first-order valence-corrected chi connectivity index (χ1v) is 6.80. The van der Waals surface area contributed by atoms with Crippen LogP contribution in [-0.4, -0.2) is 11.7 Å². The molecule has 0 aliphatic rings. The van der Waals surface area contributed by atoms with E-state index in [9.17, 15) is 5.11 Å². The third kappa shape index (κ3) is 5.22. The van der Waals surface area contributed by atoms with Crippen molar-refractivity contribution in [3.63, 3.8) is 0 Å². The number of phenols is 1. The molecule has 1 aromatic carbocycles. The van der Waals surface area contributed by atoms with Crippen LogP contribution in [0.5, 0.6) is 5.75 Å². The predicted molar refractivity (Wildman–Crippen MR) is 73.3 cm³/mol. The molecule has 2 heteroatoms. The highest BCUT2D eigenvalue weighted by atomic mass is 16.3. The highest BCUT2D eigenvalue weighted by Crippen LogP contribution is 2.19. The smallest absolute Gasteiger partial charge is 0.115 e. The highest BCUT2D eigenvalue weighted by molar-refractivity contribution is 5.27. The minimum atomic E-state index is 0.339. The normalized spacial score (nSPS) is 12.6. The van der Waals surface area contributed by atoms with Crippen LogP contribution >= 0.6 is 0 Å². The fourth-order valence-electron chi connectivity index (χ4n) is 2.03. The molecule has 0 radical (unpaired) electrons. The highest BCUT2D eigenvalue weighted by Gasteiger charge is 2.07. The molecule has 96 valence electrons. The van der Waals surface area contributed by atoms with Gasteiger partial charge in [0.25, 0.3) is 0 Å². The molecule has 1 rings (SSSR count). The number of rotatable bonds is 8. The second-order valence-corrected chi connectivity index (χ2v) is 4.57. The van der Waals surface area contributed by atoms with Gasteiger partial charge in [-0.3, -0.25) is 0 Å². The van der Waals surface area contributed by atoms with E-state index < -0.39 is 0 Å². The maximum atomic E-state index is 9.26. The lowest BCUT2D eigenvalue weighted by Crippen LogP contribution is -2.21. The Bertz CT molecular complexity index is 294. The van der Waals surface area contributed by atoms with Crippen molar-refractivity contribution in [2.75, 3.05) is 6.54 Å². The van der Waals surface area contributed by atoms with Crippen LogP contribution in [0.3, 0.4) is 0 Å². The van der Waals surface area contributed by atoms with Crippen LogP contribution < -0.4 is 5.32 Å². The van der Waals surface area contributed by atoms with Crippen molar-refractivity contribution in [1.29, 1.82) is 0 Å². The minimum absolute atomic E-state index is 0.339. The quantitative estimate of drug-likeness (QED) is 0.667. The Morgan fingerprint density at radius 3 is 2.35 bits per heavy atom. The Balaban J connectivity index is 2.35. The average Bonchev–Trinajstić information content (AvgIpc) is 2.35. The lowest BCUT2D eigenvalue weighted by molar-refractivity contribution is 0.472. The van der Waals surface area contributed by atoms with E-state index in [0.29, 0.717) is 11.8 Å². The number of aromatic hydroxyl groups is 1. The monoisotopic (exact) mass is 235 g/mol. The van der Waals surface area contributed by atoms with Gasteiger partial charge in [-0.25, -0.2) is 0 Å². The van der Waals surface area contributed by atoms with Gasteiger partial charge >= 0.3 is 0 Å². The molecule has 0 saturated heterocycles. The third-order valence-electron chi connectivity index (χ3n) is 3.12. The number of benzene rings is 1. The SMILES string of the molecule is CCCCCCNC(CC)c1ccc(O)cc1. The van der Waals surface area contributed by atoms with Crippen molar-refractivity contribution in [3.05, 3.63) is 29.8 Å². The lowest BCUT2D eigenvalue weighted by Gasteiger charge is -2.17. The first kappa shape index (κ1) is 14.0. The maximum Gasteiger partial charge on any atom is 0.115 e. The average molecular weight is 235 g/mol. The molecule has 0 amide bonds. The van der Waals surface area contributed by atoms with Gasteiger partial charge in [0.1, 0.15) is 5.75 Å². The van der Waals surface area contributed by atoms with Gasteiger partial charge in [-0.05, 0) is 37.1 Å². The molecule has 2 N–H and O–H groups in total. The van der Waals surface area contributed by atoms with Crippen molar-refractivity contribution < 1.29 is 5.11 Å². The van der Waals surface area contributed by atoms with Crippen LogP contribution in [0.25, 0.3) is 0 Å². The van der Waals surface area contributed by atoms with Gasteiger partial charge in [-0.15, -0.1) is 0 Å². The summed E-state index contributed by atoms with van der Waals surface area (Å²) in [5.74, 6) is 0.339. The second-order valence-electron chi connectivity index (χ2n) is 4.57. The van der Waals surface area contributed by atoms with Gasteiger partial charge in [0.15, 0.2) is 0 Å². The van der Waals surface area contributed by atoms with Crippen molar-refractivity contribution >= 4 is 0 Å². The summed E-state index contributed by atoms with van der Waals surface area (Å²) in [5, 5.41) is 12.8. The zero-order valence-electron chi connectivity index (χ0n) is 11.1. The summed E-state index contributed by atoms with van der Waals surface area (Å²) in [6, 6.07) is 7.94. The number of phenolic OH excluding ortho intramolecular Hbond substituents is 1. The number of hydrogen-bond acceptors (Lipinski definition) is 2. The first-order valence-electron chi connectivity index (χ1n) is 6.80. The van der Waals surface area contributed by atoms with Crippen LogP contribution in [0.1, 0.15) is 57.6 Å². The van der Waals surface area contributed by atoms with E-state index in [1.807, 2.05) is 12.1 Å². The number of unbranched alkanes of at least 4 members (excludes halogenated alkanes) is 3. The molecule has 0 saturated carbocycles. The molecule has 0 bridgehead atoms. The molecule has 0 aromatic heterocycles. The van der Waals surface area contributed by atoms with Crippen LogP contribution in [0, 0.1) is 0 Å². The fourth-order valence-corrected chi connectivity index (χ4v) is 2.03. The molecule has 2 nitrogen and oxygen atoms in total. The summed E-state index contributed by atoms with van der Waals surface area (Å²) in [5.41, 5.74) is 1.26. The Kier molecular flexibility index (Phi) is 6.71. The van der Waals surface area contributed by atoms with E-state index in [-0.39, 0.29) is 0 Å². The van der Waals surface area contributed by atoms with Crippen molar-refractivity contribution in [3.8, 4) is 5.75 Å². The number of nitrogens with one attached hydrogen (secondary N) is 1. The van der Waals surface area contributed by atoms with E-state index in [1.165, 1.54) is 31.2 Å². The van der Waals surface area contributed by atoms with Crippen LogP contribution in [-0.2, 0) is 0 Å². The Morgan fingerprint density at radius 2 is 1.76 bits per heavy atom. The van der Waals surface area contributed by atoms with Crippen LogP contribution in [0.15, 0.2) is 24.3 Å². The molecule has 17 heavy (non-hydrogen) atoms. The summed E-state index contributed by atoms with van der Waals surface area (Å²) in [4.78, 5) is 0. The molecule has 0 aliphatic carbocycles. The van der Waals surface area contributed by atoms with E-state index in [0.717, 1.165) is 13.0 Å². The van der Waals surface area contributed by atoms with Crippen molar-refractivity contribution in [1.82, 2.24) is 5.32 Å². The Labute approximate surface area is 105 Å². The molecule has 1 aromatic rings. The maximum absolute atomic E-state index is 9.26. The van der Waals surface area contributed by atoms with Gasteiger partial charge in [0, 0.05) is 6.04 Å². The molecule has 0 aliphatic heterocycles. The van der Waals surface area contributed by atoms with Crippen LogP contribution in [0.2, 0.25) is 0 Å². The largest absolute Gasteiger partial charge is 0.508 e. The molecule has 1 atom stereocenters. The van der Waals surface area contributed by atoms with E-state index in [4.69, 9.17) is 0 Å². The van der Waals surface area contributed by atoms with Gasteiger partial charge in [-0.1, -0.05) is 45.2 Å². The van der Waals surface area contributed by atoms with Gasteiger partial charge in [-0.2, -0.15) is 0 Å². The van der Waals surface area contributed by atoms with Crippen molar-refractivity contribution in [2.24, 2.45) is 0 Å². The molecule has 0 heterocycles. The molecular formula is C15H25NO. The van der Waals surface area contributed by atoms with Gasteiger partial charge in [0.05, 0.1) is 0 Å². The van der Waals surface area contributed by atoms with Gasteiger partial charge in [0.2, 0.25) is 0 Å². The van der Waals surface area contributed by atoms with E-state index in [1.54, 1.807) is 12.1 Å².